The molecule has 1 saturated heterocycles. The predicted octanol–water partition coefficient (Wildman–Crippen LogP) is 2.63. The number of carbonyl (C=O) groups is 2. The summed E-state index contributed by atoms with van der Waals surface area (Å²) in [5, 5.41) is 17.7. The molecule has 0 aliphatic carbocycles. The van der Waals surface area contributed by atoms with Gasteiger partial charge in [0.05, 0.1) is 18.2 Å². The minimum absolute atomic E-state index is 0.0554. The molecule has 136 valence electrons. The molecule has 0 bridgehead atoms. The first-order valence-corrected chi connectivity index (χ1v) is 8.19. The number of benzene rings is 1. The highest BCUT2D eigenvalue weighted by molar-refractivity contribution is 6.30. The van der Waals surface area contributed by atoms with Gasteiger partial charge in [0, 0.05) is 24.2 Å². The number of carbonyl (C=O) groups excluding carboxylic acids is 1. The monoisotopic (exact) mass is 379 g/mol. The van der Waals surface area contributed by atoms with Gasteiger partial charge in [0.25, 0.3) is 0 Å². The second-order valence-electron chi connectivity index (χ2n) is 5.93. The van der Waals surface area contributed by atoms with Crippen molar-refractivity contribution in [2.75, 3.05) is 25.1 Å². The maximum Gasteiger partial charge on any atom is 0.339 e. The summed E-state index contributed by atoms with van der Waals surface area (Å²) in [4.78, 5) is 24.8. The van der Waals surface area contributed by atoms with Crippen LogP contribution in [0, 0.1) is 11.7 Å². The SMILES string of the molecule is CN(CC1CCOC1=O)c1nnc(-c2cc(Cl)ccc2F)cc1C(=O)O. The van der Waals surface area contributed by atoms with Crippen LogP contribution in [-0.4, -0.2) is 47.4 Å². The molecule has 1 fully saturated rings. The van der Waals surface area contributed by atoms with Crippen LogP contribution in [0.15, 0.2) is 24.3 Å². The molecule has 1 unspecified atom stereocenters. The molecule has 1 aromatic carbocycles. The fraction of sp³-hybridized carbons (Fsp3) is 0.294. The quantitative estimate of drug-likeness (QED) is 0.798. The zero-order valence-electron chi connectivity index (χ0n) is 13.8. The standard InChI is InChI=1S/C17H15ClFN3O4/c1-22(8-9-4-5-26-17(9)25)15-12(16(23)24)7-14(20-21-15)11-6-10(18)2-3-13(11)19/h2-3,6-7,9H,4-5,8H2,1H3,(H,23,24). The van der Waals surface area contributed by atoms with E-state index in [9.17, 15) is 19.1 Å². The van der Waals surface area contributed by atoms with E-state index in [1.807, 2.05) is 0 Å². The first-order chi connectivity index (χ1) is 12.4. The van der Waals surface area contributed by atoms with Gasteiger partial charge in [-0.3, -0.25) is 4.79 Å². The van der Waals surface area contributed by atoms with Gasteiger partial charge in [-0.2, -0.15) is 0 Å². The molecule has 2 aromatic rings. The van der Waals surface area contributed by atoms with Crippen LogP contribution in [0.2, 0.25) is 5.02 Å². The summed E-state index contributed by atoms with van der Waals surface area (Å²) in [5.74, 6) is -2.41. The maximum atomic E-state index is 14.0. The van der Waals surface area contributed by atoms with Crippen molar-refractivity contribution < 1.29 is 23.8 Å². The second-order valence-corrected chi connectivity index (χ2v) is 6.37. The van der Waals surface area contributed by atoms with Crippen LogP contribution in [0.5, 0.6) is 0 Å². The van der Waals surface area contributed by atoms with E-state index in [4.69, 9.17) is 16.3 Å². The van der Waals surface area contributed by atoms with E-state index in [1.54, 1.807) is 7.05 Å². The first kappa shape index (κ1) is 18.1. The third-order valence-corrected chi connectivity index (χ3v) is 4.34. The van der Waals surface area contributed by atoms with Crippen LogP contribution >= 0.6 is 11.6 Å². The van der Waals surface area contributed by atoms with Crippen LogP contribution in [0.3, 0.4) is 0 Å². The van der Waals surface area contributed by atoms with Crippen molar-refractivity contribution in [2.45, 2.75) is 6.42 Å². The lowest BCUT2D eigenvalue weighted by molar-refractivity contribution is -0.140. The summed E-state index contributed by atoms with van der Waals surface area (Å²) in [6.07, 6.45) is 0.560. The molecule has 1 N–H and O–H groups in total. The Morgan fingerprint density at radius 1 is 1.42 bits per heavy atom. The molecular formula is C17H15ClFN3O4. The Hall–Kier alpha value is -2.74. The average Bonchev–Trinajstić information content (AvgIpc) is 3.01. The Morgan fingerprint density at radius 2 is 2.19 bits per heavy atom. The fourth-order valence-electron chi connectivity index (χ4n) is 2.77. The number of nitrogens with zero attached hydrogens (tertiary/aromatic N) is 3. The summed E-state index contributed by atoms with van der Waals surface area (Å²) >= 11 is 5.88. The van der Waals surface area contributed by atoms with E-state index in [2.05, 4.69) is 10.2 Å². The normalized spacial score (nSPS) is 16.4. The number of hydrogen-bond donors (Lipinski definition) is 1. The van der Waals surface area contributed by atoms with Crippen molar-refractivity contribution >= 4 is 29.4 Å². The number of aromatic carboxylic acids is 1. The number of halogens is 2. The largest absolute Gasteiger partial charge is 0.478 e. The average molecular weight is 380 g/mol. The highest BCUT2D eigenvalue weighted by Gasteiger charge is 2.29. The summed E-state index contributed by atoms with van der Waals surface area (Å²) in [6.45, 7) is 0.598. The third-order valence-electron chi connectivity index (χ3n) is 4.11. The molecule has 1 atom stereocenters. The van der Waals surface area contributed by atoms with Gasteiger partial charge in [-0.15, -0.1) is 10.2 Å². The molecule has 1 aromatic heterocycles. The molecular weight excluding hydrogens is 365 g/mol. The Labute approximate surface area is 153 Å². The molecule has 3 rings (SSSR count). The number of carboxylic acid groups (broad SMARTS) is 1. The van der Waals surface area contributed by atoms with Crippen LogP contribution in [0.1, 0.15) is 16.8 Å². The van der Waals surface area contributed by atoms with Gasteiger partial charge in [-0.1, -0.05) is 11.6 Å². The summed E-state index contributed by atoms with van der Waals surface area (Å²) in [7, 11) is 1.61. The lowest BCUT2D eigenvalue weighted by Gasteiger charge is -2.21. The van der Waals surface area contributed by atoms with Gasteiger partial charge in [-0.05, 0) is 30.7 Å². The van der Waals surface area contributed by atoms with E-state index in [0.29, 0.717) is 18.1 Å². The van der Waals surface area contributed by atoms with E-state index in [-0.39, 0.29) is 41.1 Å². The number of rotatable bonds is 5. The van der Waals surface area contributed by atoms with Gasteiger partial charge < -0.3 is 14.7 Å². The Kier molecular flexibility index (Phi) is 5.03. The zero-order chi connectivity index (χ0) is 18.8. The van der Waals surface area contributed by atoms with Crippen molar-refractivity contribution in [3.05, 3.63) is 40.7 Å². The highest BCUT2D eigenvalue weighted by Crippen LogP contribution is 2.28. The van der Waals surface area contributed by atoms with E-state index in [1.165, 1.54) is 29.2 Å². The third kappa shape index (κ3) is 3.60. The number of aromatic nitrogens is 2. The van der Waals surface area contributed by atoms with Gasteiger partial charge in [0.15, 0.2) is 5.82 Å². The van der Waals surface area contributed by atoms with Crippen molar-refractivity contribution in [1.82, 2.24) is 10.2 Å². The Balaban J connectivity index is 1.95. The topological polar surface area (TPSA) is 92.6 Å². The molecule has 0 saturated carbocycles. The lowest BCUT2D eigenvalue weighted by atomic mass is 10.1. The molecule has 1 aliphatic heterocycles. The van der Waals surface area contributed by atoms with Crippen LogP contribution in [-0.2, 0) is 9.53 Å². The molecule has 0 amide bonds. The minimum atomic E-state index is -1.24. The van der Waals surface area contributed by atoms with Crippen LogP contribution < -0.4 is 4.90 Å². The molecule has 2 heterocycles. The van der Waals surface area contributed by atoms with Gasteiger partial charge in [0.2, 0.25) is 0 Å². The number of ether oxygens (including phenoxy) is 1. The molecule has 26 heavy (non-hydrogen) atoms. The summed E-state index contributed by atoms with van der Waals surface area (Å²) in [5.41, 5.74) is -0.0378. The van der Waals surface area contributed by atoms with Crippen molar-refractivity contribution in [3.63, 3.8) is 0 Å². The lowest BCUT2D eigenvalue weighted by Crippen LogP contribution is -2.30. The fourth-order valence-corrected chi connectivity index (χ4v) is 2.94. The molecule has 1 aliphatic rings. The smallest absolute Gasteiger partial charge is 0.339 e. The number of hydrogen-bond acceptors (Lipinski definition) is 6. The minimum Gasteiger partial charge on any atom is -0.478 e. The summed E-state index contributed by atoms with van der Waals surface area (Å²) < 4.78 is 18.9. The number of anilines is 1. The van der Waals surface area contributed by atoms with E-state index in [0.717, 1.165) is 0 Å². The number of carboxylic acids is 1. The van der Waals surface area contributed by atoms with Gasteiger partial charge in [-0.25, -0.2) is 9.18 Å². The number of esters is 1. The molecule has 0 spiro atoms. The zero-order valence-corrected chi connectivity index (χ0v) is 14.5. The number of cyclic esters (lactones) is 1. The molecule has 9 heteroatoms. The van der Waals surface area contributed by atoms with Crippen molar-refractivity contribution in [2.24, 2.45) is 5.92 Å². The predicted molar refractivity (Wildman–Crippen MR) is 91.7 cm³/mol. The molecule has 7 nitrogen and oxygen atoms in total. The maximum absolute atomic E-state index is 14.0. The van der Waals surface area contributed by atoms with Crippen LogP contribution in [0.25, 0.3) is 11.3 Å². The van der Waals surface area contributed by atoms with Crippen molar-refractivity contribution in [1.29, 1.82) is 0 Å². The van der Waals surface area contributed by atoms with Crippen LogP contribution in [0.4, 0.5) is 10.2 Å². The highest BCUT2D eigenvalue weighted by atomic mass is 35.5. The second kappa shape index (κ2) is 7.25. The Bertz CT molecular complexity index is 877. The summed E-state index contributed by atoms with van der Waals surface area (Å²) in [6, 6.07) is 5.15. The Morgan fingerprint density at radius 3 is 2.85 bits per heavy atom. The van der Waals surface area contributed by atoms with Gasteiger partial charge in [0.1, 0.15) is 11.4 Å². The van der Waals surface area contributed by atoms with Crippen molar-refractivity contribution in [3.8, 4) is 11.3 Å². The van der Waals surface area contributed by atoms with E-state index < -0.39 is 11.8 Å². The van der Waals surface area contributed by atoms with Gasteiger partial charge >= 0.3 is 11.9 Å². The first-order valence-electron chi connectivity index (χ1n) is 7.81. The molecule has 0 radical (unpaired) electrons. The van der Waals surface area contributed by atoms with E-state index >= 15 is 0 Å².